The predicted molar refractivity (Wildman–Crippen MR) is 219 cm³/mol. The van der Waals surface area contributed by atoms with E-state index in [9.17, 15) is 14.7 Å². The molecule has 10 rings (SSSR count). The summed E-state index contributed by atoms with van der Waals surface area (Å²) in [7, 11) is 0. The number of aromatic hydroxyl groups is 1. The predicted octanol–water partition coefficient (Wildman–Crippen LogP) is 5.15. The number of amides is 2. The third kappa shape index (κ3) is 6.73. The quantitative estimate of drug-likeness (QED) is 0.213. The minimum atomic E-state index is -0.248. The Morgan fingerprint density at radius 2 is 1.53 bits per heavy atom. The first kappa shape index (κ1) is 36.1. The normalized spacial score (nSPS) is 26.8. The minimum Gasteiger partial charge on any atom is -0.507 e. The highest BCUT2D eigenvalue weighted by Gasteiger charge is 2.43. The van der Waals surface area contributed by atoms with E-state index >= 15 is 0 Å². The van der Waals surface area contributed by atoms with E-state index in [-0.39, 0.29) is 35.7 Å². The third-order valence-corrected chi connectivity index (χ3v) is 14.0. The summed E-state index contributed by atoms with van der Waals surface area (Å²) in [6.07, 6.45) is 13.2. The molecule has 5 aliphatic heterocycles. The van der Waals surface area contributed by atoms with E-state index in [1.54, 1.807) is 12.1 Å². The van der Waals surface area contributed by atoms with Gasteiger partial charge in [-0.1, -0.05) is 24.3 Å². The van der Waals surface area contributed by atoms with Gasteiger partial charge >= 0.3 is 0 Å². The van der Waals surface area contributed by atoms with E-state index in [2.05, 4.69) is 59.4 Å². The van der Waals surface area contributed by atoms with Crippen molar-refractivity contribution >= 4 is 35.0 Å². The van der Waals surface area contributed by atoms with Crippen molar-refractivity contribution in [3.63, 3.8) is 0 Å². The number of rotatable bonds is 7. The van der Waals surface area contributed by atoms with Crippen molar-refractivity contribution in [2.24, 2.45) is 0 Å². The number of fused-ring (bicyclic) bond motifs is 3. The van der Waals surface area contributed by atoms with Gasteiger partial charge in [0.1, 0.15) is 11.8 Å². The molecule has 1 aliphatic carbocycles. The summed E-state index contributed by atoms with van der Waals surface area (Å²) in [5.74, 6) is 2.12. The Morgan fingerprint density at radius 1 is 0.754 bits per heavy atom. The number of hydrogen-bond acceptors (Lipinski definition) is 12. The van der Waals surface area contributed by atoms with Crippen molar-refractivity contribution < 1.29 is 14.7 Å². The fraction of sp³-hybridized carbons (Fsp3) is 0.500. The molecular weight excluding hydrogens is 717 g/mol. The van der Waals surface area contributed by atoms with E-state index in [4.69, 9.17) is 15.7 Å². The number of aromatic nitrogens is 4. The van der Waals surface area contributed by atoms with Crippen LogP contribution >= 0.6 is 0 Å². The van der Waals surface area contributed by atoms with E-state index in [0.29, 0.717) is 47.8 Å². The average molecular weight is 769 g/mol. The molecule has 6 aliphatic rings. The summed E-state index contributed by atoms with van der Waals surface area (Å²) in [6, 6.07) is 18.9. The smallest absolute Gasteiger partial charge is 0.249 e. The Kier molecular flexibility index (Phi) is 9.42. The fourth-order valence-electron chi connectivity index (χ4n) is 11.1. The van der Waals surface area contributed by atoms with Gasteiger partial charge in [-0.3, -0.25) is 14.9 Å². The van der Waals surface area contributed by atoms with Crippen molar-refractivity contribution in [2.75, 3.05) is 53.2 Å². The van der Waals surface area contributed by atoms with Crippen LogP contribution in [-0.4, -0.2) is 98.9 Å². The highest BCUT2D eigenvalue weighted by Crippen LogP contribution is 2.43. The molecule has 4 N–H and O–H groups in total. The number of carbonyl (C=O) groups is 2. The van der Waals surface area contributed by atoms with Crippen LogP contribution in [0.1, 0.15) is 92.9 Å². The van der Waals surface area contributed by atoms with Crippen LogP contribution in [0, 0.1) is 0 Å². The number of nitrogens with one attached hydrogen (secondary N) is 1. The fourth-order valence-corrected chi connectivity index (χ4v) is 11.1. The summed E-state index contributed by atoms with van der Waals surface area (Å²) in [5.41, 5.74) is 13.8. The molecule has 0 unspecified atom stereocenters. The number of carbonyl (C=O) groups excluding carboxylic acids is 2. The molecule has 5 fully saturated rings. The number of benzene rings is 2. The number of nitrogens with zero attached hydrogens (tertiary/aromatic N) is 8. The average Bonchev–Trinajstić information content (AvgIpc) is 3.79. The number of anilines is 4. The van der Waals surface area contributed by atoms with Gasteiger partial charge in [-0.05, 0) is 125 Å². The number of nitrogens with two attached hydrogens (primary N) is 1. The van der Waals surface area contributed by atoms with Gasteiger partial charge in [0.2, 0.25) is 17.8 Å². The van der Waals surface area contributed by atoms with Crippen LogP contribution in [0.25, 0.3) is 11.3 Å². The van der Waals surface area contributed by atoms with Crippen molar-refractivity contribution in [1.82, 2.24) is 30.4 Å². The first-order valence-electron chi connectivity index (χ1n) is 21.1. The van der Waals surface area contributed by atoms with E-state index in [1.807, 2.05) is 24.4 Å². The maximum Gasteiger partial charge on any atom is 0.249 e. The molecule has 2 amide bonds. The monoisotopic (exact) mass is 768 g/mol. The topological polar surface area (TPSA) is 157 Å². The molecule has 296 valence electrons. The number of likely N-dealkylation sites (tertiary alicyclic amines) is 1. The Hall–Kier alpha value is -5.30. The van der Waals surface area contributed by atoms with Gasteiger partial charge < -0.3 is 30.4 Å². The first-order chi connectivity index (χ1) is 27.9. The number of piperazine rings is 1. The highest BCUT2D eigenvalue weighted by molar-refractivity contribution is 6.02. The van der Waals surface area contributed by atoms with Crippen LogP contribution in [0.4, 0.5) is 23.1 Å². The number of phenols is 1. The molecule has 3 atom stereocenters. The van der Waals surface area contributed by atoms with E-state index in [0.717, 1.165) is 76.5 Å². The van der Waals surface area contributed by atoms with Gasteiger partial charge in [0, 0.05) is 73.2 Å². The lowest BCUT2D eigenvalue weighted by atomic mass is 9.78. The molecule has 57 heavy (non-hydrogen) atoms. The number of piperidine rings is 2. The lowest BCUT2D eigenvalue weighted by Gasteiger charge is -2.42. The molecule has 0 radical (unpaired) electrons. The second-order valence-corrected chi connectivity index (χ2v) is 17.1. The zero-order valence-corrected chi connectivity index (χ0v) is 32.5. The van der Waals surface area contributed by atoms with Gasteiger partial charge in [-0.2, -0.15) is 0 Å². The van der Waals surface area contributed by atoms with Gasteiger partial charge in [0.05, 0.1) is 11.4 Å². The van der Waals surface area contributed by atoms with Gasteiger partial charge in [0.25, 0.3) is 0 Å². The van der Waals surface area contributed by atoms with Crippen molar-refractivity contribution in [3.05, 3.63) is 77.6 Å². The summed E-state index contributed by atoms with van der Waals surface area (Å²) in [6.45, 7) is 4.66. The molecule has 13 nitrogen and oxygen atoms in total. The molecule has 7 heterocycles. The molecule has 13 heteroatoms. The molecular formula is C44H52N10O3. The maximum absolute atomic E-state index is 12.7. The summed E-state index contributed by atoms with van der Waals surface area (Å²) in [5, 5.41) is 21.6. The minimum absolute atomic E-state index is 0.150. The number of phenolic OH excluding ortho intramolecular Hbond substituents is 1. The second-order valence-electron chi connectivity index (χ2n) is 17.1. The molecule has 0 spiro atoms. The van der Waals surface area contributed by atoms with Crippen molar-refractivity contribution in [2.45, 2.75) is 107 Å². The maximum atomic E-state index is 12.7. The van der Waals surface area contributed by atoms with Crippen LogP contribution in [0.15, 0.2) is 60.8 Å². The van der Waals surface area contributed by atoms with Crippen LogP contribution in [0.3, 0.4) is 0 Å². The lowest BCUT2D eigenvalue weighted by Crippen LogP contribution is -2.54. The molecule has 2 aromatic carbocycles. The zero-order chi connectivity index (χ0) is 38.6. The Labute approximate surface area is 333 Å². The number of para-hydroxylation sites is 1. The molecule has 2 bridgehead atoms. The number of nitrogen functional groups attached to an aromatic ring is 1. The number of imide groups is 1. The Bertz CT molecular complexity index is 2150. The molecule has 4 saturated heterocycles. The van der Waals surface area contributed by atoms with E-state index < -0.39 is 0 Å². The third-order valence-electron chi connectivity index (χ3n) is 14.0. The van der Waals surface area contributed by atoms with Crippen LogP contribution in [-0.2, 0) is 16.0 Å². The first-order valence-corrected chi connectivity index (χ1v) is 21.1. The zero-order valence-electron chi connectivity index (χ0n) is 32.5. The Morgan fingerprint density at radius 3 is 2.30 bits per heavy atom. The van der Waals surface area contributed by atoms with Gasteiger partial charge in [0.15, 0.2) is 5.82 Å². The van der Waals surface area contributed by atoms with Gasteiger partial charge in [-0.15, -0.1) is 10.2 Å². The van der Waals surface area contributed by atoms with Crippen LogP contribution in [0.2, 0.25) is 0 Å². The van der Waals surface area contributed by atoms with Crippen LogP contribution < -0.4 is 25.8 Å². The van der Waals surface area contributed by atoms with Crippen molar-refractivity contribution in [3.8, 4) is 17.0 Å². The highest BCUT2D eigenvalue weighted by atomic mass is 16.3. The second kappa shape index (κ2) is 14.9. The largest absolute Gasteiger partial charge is 0.507 e. The SMILES string of the molecule is Nc1nnc(-c2ccccc2O)cc1N1C[C@H]2CC[C@@H](C1)N2c1nccc(C2CCN(C3CCC(c4cccc5c4CCN5[C@H]4CCC(=O)NC4=O)CC3)CC2)n1. The molecule has 4 aromatic rings. The summed E-state index contributed by atoms with van der Waals surface area (Å²) < 4.78 is 0. The summed E-state index contributed by atoms with van der Waals surface area (Å²) in [4.78, 5) is 44.3. The van der Waals surface area contributed by atoms with Gasteiger partial charge in [-0.25, -0.2) is 9.97 Å². The molecule has 2 aromatic heterocycles. The summed E-state index contributed by atoms with van der Waals surface area (Å²) >= 11 is 0. The number of hydrogen-bond donors (Lipinski definition) is 3. The standard InChI is InChI=1S/C44H52N10O3/c45-42-39(24-36(49-50-42)34-4-1-2-7-40(34)55)52-25-30-12-13-31(26-52)54(30)44-46-20-16-35(47-44)28-17-21-51(22-18-28)29-10-8-27(9-11-29)32-5-3-6-37-33(32)19-23-53(37)38-14-15-41(56)48-43(38)57/h1-7,16,20,24,27-31,38,55H,8-15,17-19,21-23,25-26H2,(H2,45,50)(H,48,56,57)/t27?,29?,30-,31+,38-/m0/s1. The van der Waals surface area contributed by atoms with Crippen LogP contribution in [0.5, 0.6) is 5.75 Å². The van der Waals surface area contributed by atoms with E-state index in [1.165, 1.54) is 48.2 Å². The Balaban J connectivity index is 0.749. The molecule has 1 saturated carbocycles. The van der Waals surface area contributed by atoms with Crippen molar-refractivity contribution in [1.29, 1.82) is 0 Å². The lowest BCUT2D eigenvalue weighted by molar-refractivity contribution is -0.134.